The van der Waals surface area contributed by atoms with Crippen molar-refractivity contribution in [2.24, 2.45) is 5.92 Å². The van der Waals surface area contributed by atoms with Crippen LogP contribution in [-0.2, 0) is 13.0 Å². The van der Waals surface area contributed by atoms with E-state index in [-0.39, 0.29) is 17.5 Å². The van der Waals surface area contributed by atoms with Crippen LogP contribution >= 0.6 is 0 Å². The molecule has 1 atom stereocenters. The Morgan fingerprint density at radius 2 is 1.84 bits per heavy atom. The fourth-order valence-corrected chi connectivity index (χ4v) is 5.72. The smallest absolute Gasteiger partial charge is 0.254 e. The highest BCUT2D eigenvalue weighted by Gasteiger charge is 2.33. The van der Waals surface area contributed by atoms with Crippen LogP contribution in [0, 0.1) is 12.8 Å². The van der Waals surface area contributed by atoms with Crippen LogP contribution in [-0.4, -0.2) is 45.3 Å². The Labute approximate surface area is 190 Å². The van der Waals surface area contributed by atoms with Crippen LogP contribution in [0.15, 0.2) is 29.1 Å². The molecule has 2 fully saturated rings. The van der Waals surface area contributed by atoms with E-state index < -0.39 is 0 Å². The second kappa shape index (κ2) is 9.18. The predicted molar refractivity (Wildman–Crippen MR) is 125 cm³/mol. The van der Waals surface area contributed by atoms with E-state index in [0.717, 1.165) is 61.6 Å². The van der Waals surface area contributed by atoms with Crippen molar-refractivity contribution in [1.29, 1.82) is 0 Å². The summed E-state index contributed by atoms with van der Waals surface area (Å²) in [5.74, 6) is 1.46. The minimum absolute atomic E-state index is 0.0167. The van der Waals surface area contributed by atoms with E-state index in [9.17, 15) is 9.59 Å². The molecule has 1 saturated carbocycles. The van der Waals surface area contributed by atoms with E-state index in [2.05, 4.69) is 9.88 Å². The summed E-state index contributed by atoms with van der Waals surface area (Å²) in [4.78, 5) is 38.5. The van der Waals surface area contributed by atoms with E-state index in [1.807, 2.05) is 36.1 Å². The SMILES string of the molecule is Cc1ccc(C(=O)N2CCCC2c2nc3c(c(=O)[nH]2)CCN(CC2CCCCC2)C3)cc1. The molecular formula is C26H34N4O2. The number of nitrogens with one attached hydrogen (secondary N) is 1. The summed E-state index contributed by atoms with van der Waals surface area (Å²) < 4.78 is 0. The van der Waals surface area contributed by atoms with Gasteiger partial charge in [-0.1, -0.05) is 37.0 Å². The number of carbonyl (C=O) groups is 1. The van der Waals surface area contributed by atoms with Crippen molar-refractivity contribution >= 4 is 5.91 Å². The Kier molecular flexibility index (Phi) is 6.13. The normalized spacial score (nSPS) is 22.2. The van der Waals surface area contributed by atoms with Crippen LogP contribution in [0.25, 0.3) is 0 Å². The molecule has 6 nitrogen and oxygen atoms in total. The fourth-order valence-electron chi connectivity index (χ4n) is 5.72. The largest absolute Gasteiger partial charge is 0.328 e. The van der Waals surface area contributed by atoms with Gasteiger partial charge in [-0.25, -0.2) is 4.98 Å². The first-order valence-electron chi connectivity index (χ1n) is 12.3. The van der Waals surface area contributed by atoms with Crippen LogP contribution in [0.4, 0.5) is 0 Å². The summed E-state index contributed by atoms with van der Waals surface area (Å²) in [6.45, 7) is 5.53. The molecule has 0 radical (unpaired) electrons. The van der Waals surface area contributed by atoms with E-state index in [4.69, 9.17) is 4.98 Å². The first-order valence-corrected chi connectivity index (χ1v) is 12.3. The average molecular weight is 435 g/mol. The second-order valence-electron chi connectivity index (χ2n) is 9.89. The molecule has 1 aromatic heterocycles. The number of amides is 1. The number of H-pyrrole nitrogens is 1. The van der Waals surface area contributed by atoms with E-state index in [0.29, 0.717) is 17.9 Å². The summed E-state index contributed by atoms with van der Waals surface area (Å²) >= 11 is 0. The van der Waals surface area contributed by atoms with Gasteiger partial charge in [0.15, 0.2) is 0 Å². The molecule has 3 heterocycles. The zero-order valence-electron chi connectivity index (χ0n) is 19.1. The van der Waals surface area contributed by atoms with Gasteiger partial charge in [0.25, 0.3) is 11.5 Å². The van der Waals surface area contributed by atoms with Gasteiger partial charge in [-0.15, -0.1) is 0 Å². The first-order chi connectivity index (χ1) is 15.6. The molecule has 1 aliphatic carbocycles. The van der Waals surface area contributed by atoms with Crippen LogP contribution < -0.4 is 5.56 Å². The van der Waals surface area contributed by atoms with Crippen molar-refractivity contribution in [1.82, 2.24) is 19.8 Å². The van der Waals surface area contributed by atoms with Gasteiger partial charge in [0, 0.05) is 37.3 Å². The topological polar surface area (TPSA) is 69.3 Å². The Bertz CT molecular complexity index is 1020. The lowest BCUT2D eigenvalue weighted by atomic mass is 9.88. The molecule has 32 heavy (non-hydrogen) atoms. The van der Waals surface area contributed by atoms with Crippen molar-refractivity contribution in [2.45, 2.75) is 70.9 Å². The van der Waals surface area contributed by atoms with Crippen LogP contribution in [0.2, 0.25) is 0 Å². The lowest BCUT2D eigenvalue weighted by Gasteiger charge is -2.33. The molecule has 1 amide bonds. The molecule has 5 rings (SSSR count). The number of hydrogen-bond acceptors (Lipinski definition) is 4. The van der Waals surface area contributed by atoms with Crippen LogP contribution in [0.3, 0.4) is 0 Å². The number of rotatable bonds is 4. The number of aromatic amines is 1. The summed E-state index contributed by atoms with van der Waals surface area (Å²) in [6, 6.07) is 7.56. The maximum Gasteiger partial charge on any atom is 0.254 e. The van der Waals surface area contributed by atoms with Crippen molar-refractivity contribution in [3.05, 3.63) is 62.8 Å². The van der Waals surface area contributed by atoms with Gasteiger partial charge >= 0.3 is 0 Å². The number of likely N-dealkylation sites (tertiary alicyclic amines) is 1. The molecule has 1 N–H and O–H groups in total. The maximum atomic E-state index is 13.2. The lowest BCUT2D eigenvalue weighted by Crippen LogP contribution is -2.39. The molecule has 0 spiro atoms. The number of nitrogens with zero attached hydrogens (tertiary/aromatic N) is 3. The highest BCUT2D eigenvalue weighted by molar-refractivity contribution is 5.94. The van der Waals surface area contributed by atoms with E-state index in [1.54, 1.807) is 0 Å². The third-order valence-corrected chi connectivity index (χ3v) is 7.54. The molecule has 0 bridgehead atoms. The minimum atomic E-state index is -0.157. The molecule has 2 aliphatic heterocycles. The van der Waals surface area contributed by atoms with Crippen LogP contribution in [0.5, 0.6) is 0 Å². The summed E-state index contributed by atoms with van der Waals surface area (Å²) in [6.07, 6.45) is 9.26. The van der Waals surface area contributed by atoms with E-state index in [1.165, 1.54) is 32.1 Å². The third kappa shape index (κ3) is 4.38. The number of aryl methyl sites for hydroxylation is 1. The summed E-state index contributed by atoms with van der Waals surface area (Å²) in [5.41, 5.74) is 3.57. The van der Waals surface area contributed by atoms with Gasteiger partial charge in [0.05, 0.1) is 11.7 Å². The van der Waals surface area contributed by atoms with Crippen molar-refractivity contribution < 1.29 is 4.79 Å². The Balaban J connectivity index is 1.35. The average Bonchev–Trinajstić information content (AvgIpc) is 3.29. The number of carbonyl (C=O) groups excluding carboxylic acids is 1. The highest BCUT2D eigenvalue weighted by atomic mass is 16.2. The molecule has 3 aliphatic rings. The minimum Gasteiger partial charge on any atom is -0.328 e. The van der Waals surface area contributed by atoms with Gasteiger partial charge < -0.3 is 9.88 Å². The standard InChI is InChI=1S/C26H34N4O2/c1-18-9-11-20(12-10-18)26(32)30-14-5-8-23(30)24-27-22-17-29(15-13-21(22)25(31)28-24)16-19-6-3-2-4-7-19/h9-12,19,23H,2-8,13-17H2,1H3,(H,27,28,31). The molecule has 1 saturated heterocycles. The fraction of sp³-hybridized carbons (Fsp3) is 0.577. The van der Waals surface area contributed by atoms with E-state index >= 15 is 0 Å². The third-order valence-electron chi connectivity index (χ3n) is 7.54. The Morgan fingerprint density at radius 1 is 1.06 bits per heavy atom. The first kappa shape index (κ1) is 21.4. The van der Waals surface area contributed by atoms with Crippen molar-refractivity contribution in [3.63, 3.8) is 0 Å². The number of hydrogen-bond donors (Lipinski definition) is 1. The summed E-state index contributed by atoms with van der Waals surface area (Å²) in [7, 11) is 0. The molecule has 1 unspecified atom stereocenters. The zero-order chi connectivity index (χ0) is 22.1. The second-order valence-corrected chi connectivity index (χ2v) is 9.89. The van der Waals surface area contributed by atoms with Gasteiger partial charge in [-0.05, 0) is 57.1 Å². The maximum absolute atomic E-state index is 13.2. The van der Waals surface area contributed by atoms with Gasteiger partial charge in [-0.2, -0.15) is 0 Å². The quantitative estimate of drug-likeness (QED) is 0.790. The molecule has 6 heteroatoms. The van der Waals surface area contributed by atoms with Crippen molar-refractivity contribution in [3.8, 4) is 0 Å². The molecular weight excluding hydrogens is 400 g/mol. The Hall–Kier alpha value is -2.47. The number of aromatic nitrogens is 2. The molecule has 1 aromatic carbocycles. The van der Waals surface area contributed by atoms with Gasteiger partial charge in [0.1, 0.15) is 5.82 Å². The number of fused-ring (bicyclic) bond motifs is 1. The lowest BCUT2D eigenvalue weighted by molar-refractivity contribution is 0.0729. The van der Waals surface area contributed by atoms with Gasteiger partial charge in [0.2, 0.25) is 0 Å². The van der Waals surface area contributed by atoms with Gasteiger partial charge in [-0.3, -0.25) is 14.5 Å². The molecule has 2 aromatic rings. The van der Waals surface area contributed by atoms with Crippen LogP contribution in [0.1, 0.15) is 84.0 Å². The summed E-state index contributed by atoms with van der Waals surface area (Å²) in [5, 5.41) is 0. The highest BCUT2D eigenvalue weighted by Crippen LogP contribution is 2.32. The molecule has 170 valence electrons. The van der Waals surface area contributed by atoms with Crippen molar-refractivity contribution in [2.75, 3.05) is 19.6 Å². The Morgan fingerprint density at radius 3 is 2.62 bits per heavy atom. The monoisotopic (exact) mass is 434 g/mol. The zero-order valence-corrected chi connectivity index (χ0v) is 19.1. The predicted octanol–water partition coefficient (Wildman–Crippen LogP) is 3.99. The number of benzene rings is 1.